The van der Waals surface area contributed by atoms with Gasteiger partial charge in [0.1, 0.15) is 0 Å². The number of alkyl halides is 3. The molecule has 0 fully saturated rings. The van der Waals surface area contributed by atoms with Crippen LogP contribution in [-0.4, -0.2) is 19.3 Å². The quantitative estimate of drug-likeness (QED) is 0.620. The molecule has 0 spiro atoms. The van der Waals surface area contributed by atoms with Gasteiger partial charge in [0.05, 0.1) is 0 Å². The lowest BCUT2D eigenvalue weighted by Crippen LogP contribution is -2.18. The predicted molar refractivity (Wildman–Crippen MR) is 56.8 cm³/mol. The van der Waals surface area contributed by atoms with Gasteiger partial charge in [0.2, 0.25) is 0 Å². The topological polar surface area (TPSA) is 12.0 Å². The summed E-state index contributed by atoms with van der Waals surface area (Å²) >= 11 is 0. The van der Waals surface area contributed by atoms with Crippen LogP contribution >= 0.6 is 0 Å². The first-order valence-electron chi connectivity index (χ1n) is 5.69. The summed E-state index contributed by atoms with van der Waals surface area (Å²) in [6.07, 6.45) is -1.51. The van der Waals surface area contributed by atoms with Crippen molar-refractivity contribution in [2.24, 2.45) is 5.92 Å². The Bertz CT molecular complexity index is 143. The molecule has 0 amide bonds. The molecule has 0 aliphatic rings. The van der Waals surface area contributed by atoms with Crippen molar-refractivity contribution >= 4 is 0 Å². The average Bonchev–Trinajstić information content (AvgIpc) is 2.07. The summed E-state index contributed by atoms with van der Waals surface area (Å²) in [6, 6.07) is 0. The molecule has 0 rings (SSSR count). The second-order valence-electron chi connectivity index (χ2n) is 4.36. The minimum Gasteiger partial charge on any atom is -0.317 e. The van der Waals surface area contributed by atoms with Gasteiger partial charge in [0.15, 0.2) is 0 Å². The average molecular weight is 225 g/mol. The molecule has 0 radical (unpaired) electrons. The Balaban J connectivity index is 3.06. The maximum absolute atomic E-state index is 11.8. The third kappa shape index (κ3) is 13.8. The van der Waals surface area contributed by atoms with E-state index >= 15 is 0 Å². The number of unbranched alkanes of at least 4 members (excludes halogenated alkanes) is 1. The highest BCUT2D eigenvalue weighted by Gasteiger charge is 2.25. The van der Waals surface area contributed by atoms with Gasteiger partial charge in [0.25, 0.3) is 0 Å². The molecule has 0 saturated heterocycles. The molecular weight excluding hydrogens is 203 g/mol. The summed E-state index contributed by atoms with van der Waals surface area (Å²) in [5.41, 5.74) is 0. The molecule has 1 nitrogen and oxygen atoms in total. The van der Waals surface area contributed by atoms with Crippen LogP contribution in [0.2, 0.25) is 0 Å². The van der Waals surface area contributed by atoms with Gasteiger partial charge in [-0.25, -0.2) is 0 Å². The molecule has 1 N–H and O–H groups in total. The molecule has 4 heteroatoms. The van der Waals surface area contributed by atoms with Crippen LogP contribution in [0.25, 0.3) is 0 Å². The molecule has 0 aromatic carbocycles. The van der Waals surface area contributed by atoms with E-state index in [0.29, 0.717) is 18.9 Å². The summed E-state index contributed by atoms with van der Waals surface area (Å²) in [6.45, 7) is 5.96. The number of rotatable bonds is 8. The summed E-state index contributed by atoms with van der Waals surface area (Å²) in [5.74, 6) is 0.706. The number of hydrogen-bond acceptors (Lipinski definition) is 1. The van der Waals surface area contributed by atoms with E-state index < -0.39 is 12.6 Å². The molecule has 0 aliphatic heterocycles. The first-order chi connectivity index (χ1) is 6.92. The monoisotopic (exact) mass is 225 g/mol. The lowest BCUT2D eigenvalue weighted by molar-refractivity contribution is -0.135. The van der Waals surface area contributed by atoms with E-state index in [9.17, 15) is 13.2 Å². The van der Waals surface area contributed by atoms with Gasteiger partial charge in [-0.3, -0.25) is 0 Å². The maximum atomic E-state index is 11.8. The summed E-state index contributed by atoms with van der Waals surface area (Å²) in [5, 5.41) is 3.16. The van der Waals surface area contributed by atoms with Crippen LogP contribution < -0.4 is 5.32 Å². The standard InChI is InChI=1S/C11H22F3N/c1-10(2)6-5-9-15-8-4-3-7-11(12,13)14/h10,15H,3-9H2,1-2H3. The first kappa shape index (κ1) is 14.8. The SMILES string of the molecule is CC(C)CCCNCCCCC(F)(F)F. The Hall–Kier alpha value is -0.250. The molecular formula is C11H22F3N. The van der Waals surface area contributed by atoms with Crippen LogP contribution in [0.5, 0.6) is 0 Å². The van der Waals surface area contributed by atoms with Gasteiger partial charge in [-0.1, -0.05) is 13.8 Å². The second kappa shape index (κ2) is 7.97. The van der Waals surface area contributed by atoms with E-state index in [4.69, 9.17) is 0 Å². The van der Waals surface area contributed by atoms with Crippen molar-refractivity contribution in [1.29, 1.82) is 0 Å². The minimum absolute atomic E-state index is 0.237. The van der Waals surface area contributed by atoms with Crippen LogP contribution in [0.1, 0.15) is 46.0 Å². The summed E-state index contributed by atoms with van der Waals surface area (Å²) < 4.78 is 35.3. The molecule has 0 aromatic heterocycles. The van der Waals surface area contributed by atoms with Crippen molar-refractivity contribution in [1.82, 2.24) is 5.32 Å². The maximum Gasteiger partial charge on any atom is 0.389 e. The van der Waals surface area contributed by atoms with Crippen molar-refractivity contribution in [3.8, 4) is 0 Å². The highest BCUT2D eigenvalue weighted by molar-refractivity contribution is 4.54. The second-order valence-corrected chi connectivity index (χ2v) is 4.36. The van der Waals surface area contributed by atoms with Crippen molar-refractivity contribution in [3.05, 3.63) is 0 Å². The Labute approximate surface area is 90.4 Å². The van der Waals surface area contributed by atoms with Gasteiger partial charge in [-0.2, -0.15) is 13.2 Å². The van der Waals surface area contributed by atoms with Crippen LogP contribution in [-0.2, 0) is 0 Å². The molecule has 0 aromatic rings. The molecule has 92 valence electrons. The van der Waals surface area contributed by atoms with Crippen molar-refractivity contribution < 1.29 is 13.2 Å². The van der Waals surface area contributed by atoms with E-state index in [1.165, 1.54) is 6.42 Å². The third-order valence-electron chi connectivity index (χ3n) is 2.20. The highest BCUT2D eigenvalue weighted by atomic mass is 19.4. The summed E-state index contributed by atoms with van der Waals surface area (Å²) in [4.78, 5) is 0. The fourth-order valence-electron chi connectivity index (χ4n) is 1.34. The van der Waals surface area contributed by atoms with Gasteiger partial charge in [-0.05, 0) is 44.7 Å². The molecule has 0 aliphatic carbocycles. The largest absolute Gasteiger partial charge is 0.389 e. The van der Waals surface area contributed by atoms with E-state index in [-0.39, 0.29) is 6.42 Å². The Morgan fingerprint density at radius 3 is 2.13 bits per heavy atom. The van der Waals surface area contributed by atoms with Crippen molar-refractivity contribution in [3.63, 3.8) is 0 Å². The lowest BCUT2D eigenvalue weighted by atomic mass is 10.1. The zero-order valence-electron chi connectivity index (χ0n) is 9.66. The molecule has 0 atom stereocenters. The normalized spacial score (nSPS) is 12.4. The van der Waals surface area contributed by atoms with Crippen LogP contribution in [0.3, 0.4) is 0 Å². The van der Waals surface area contributed by atoms with Gasteiger partial charge in [-0.15, -0.1) is 0 Å². The Morgan fingerprint density at radius 1 is 1.00 bits per heavy atom. The molecule has 15 heavy (non-hydrogen) atoms. The zero-order chi connectivity index (χ0) is 11.7. The molecule has 0 saturated carbocycles. The molecule has 0 heterocycles. The number of halogens is 3. The lowest BCUT2D eigenvalue weighted by Gasteiger charge is -2.07. The van der Waals surface area contributed by atoms with Gasteiger partial charge < -0.3 is 5.32 Å². The molecule has 0 unspecified atom stereocenters. The van der Waals surface area contributed by atoms with Gasteiger partial charge >= 0.3 is 6.18 Å². The van der Waals surface area contributed by atoms with E-state index in [1.54, 1.807) is 0 Å². The Morgan fingerprint density at radius 2 is 1.60 bits per heavy atom. The Kier molecular flexibility index (Phi) is 7.83. The third-order valence-corrected chi connectivity index (χ3v) is 2.20. The van der Waals surface area contributed by atoms with Crippen LogP contribution in [0, 0.1) is 5.92 Å². The molecule has 0 bridgehead atoms. The smallest absolute Gasteiger partial charge is 0.317 e. The van der Waals surface area contributed by atoms with Gasteiger partial charge in [0, 0.05) is 6.42 Å². The summed E-state index contributed by atoms with van der Waals surface area (Å²) in [7, 11) is 0. The van der Waals surface area contributed by atoms with Crippen molar-refractivity contribution in [2.45, 2.75) is 52.1 Å². The zero-order valence-corrected chi connectivity index (χ0v) is 9.66. The fourth-order valence-corrected chi connectivity index (χ4v) is 1.34. The predicted octanol–water partition coefficient (Wildman–Crippen LogP) is 3.74. The first-order valence-corrected chi connectivity index (χ1v) is 5.69. The van der Waals surface area contributed by atoms with E-state index in [0.717, 1.165) is 13.0 Å². The highest BCUT2D eigenvalue weighted by Crippen LogP contribution is 2.21. The number of hydrogen-bond donors (Lipinski definition) is 1. The fraction of sp³-hybridized carbons (Fsp3) is 1.00. The van der Waals surface area contributed by atoms with E-state index in [2.05, 4.69) is 19.2 Å². The number of nitrogens with one attached hydrogen (secondary N) is 1. The van der Waals surface area contributed by atoms with Crippen LogP contribution in [0.15, 0.2) is 0 Å². The van der Waals surface area contributed by atoms with E-state index in [1.807, 2.05) is 0 Å². The van der Waals surface area contributed by atoms with Crippen LogP contribution in [0.4, 0.5) is 13.2 Å². The van der Waals surface area contributed by atoms with Crippen molar-refractivity contribution in [2.75, 3.05) is 13.1 Å². The minimum atomic E-state index is -3.99.